The zero-order valence-corrected chi connectivity index (χ0v) is 18.7. The van der Waals surface area contributed by atoms with Crippen LogP contribution in [0.1, 0.15) is 12.8 Å². The highest BCUT2D eigenvalue weighted by atomic mass is 32.1. The molecule has 32 heavy (non-hydrogen) atoms. The number of piperazine rings is 1. The molecule has 5 rings (SSSR count). The van der Waals surface area contributed by atoms with Gasteiger partial charge in [0.25, 0.3) is 0 Å². The van der Waals surface area contributed by atoms with E-state index in [1.54, 1.807) is 23.5 Å². The quantitative estimate of drug-likeness (QED) is 0.408. The molecule has 0 amide bonds. The standard InChI is InChI=1S/C25H26FN3O2S/c26-19-15-23(21-7-14-32-24(21)16-19)29-11-9-28(10-12-29)8-1-2-13-31-20-5-3-18-4-6-25(30)27-22(18)17-20/h3-7,14-17H,1-2,8-13H2,(H,27,30). The van der Waals surface area contributed by atoms with Gasteiger partial charge in [0.2, 0.25) is 5.56 Å². The number of halogens is 1. The average Bonchev–Trinajstić information content (AvgIpc) is 3.27. The number of nitrogens with one attached hydrogen (secondary N) is 1. The molecule has 1 N–H and O–H groups in total. The minimum Gasteiger partial charge on any atom is -0.494 e. The molecule has 3 heterocycles. The van der Waals surface area contributed by atoms with Crippen molar-refractivity contribution in [2.45, 2.75) is 12.8 Å². The summed E-state index contributed by atoms with van der Waals surface area (Å²) in [7, 11) is 0. The highest BCUT2D eigenvalue weighted by Gasteiger charge is 2.19. The van der Waals surface area contributed by atoms with Crippen molar-refractivity contribution in [2.24, 2.45) is 0 Å². The van der Waals surface area contributed by atoms with Crippen molar-refractivity contribution in [1.82, 2.24) is 9.88 Å². The van der Waals surface area contributed by atoms with Crippen molar-refractivity contribution in [2.75, 3.05) is 44.2 Å². The number of hydrogen-bond acceptors (Lipinski definition) is 5. The van der Waals surface area contributed by atoms with Crippen LogP contribution in [-0.2, 0) is 0 Å². The number of thiophene rings is 1. The number of benzene rings is 2. The molecule has 1 fully saturated rings. The first kappa shape index (κ1) is 21.0. The lowest BCUT2D eigenvalue weighted by Gasteiger charge is -2.36. The molecule has 0 aliphatic carbocycles. The molecule has 2 aromatic carbocycles. The Morgan fingerprint density at radius 2 is 1.84 bits per heavy atom. The van der Waals surface area contributed by atoms with E-state index in [0.717, 1.165) is 78.0 Å². The molecule has 1 aliphatic heterocycles. The fraction of sp³-hybridized carbons (Fsp3) is 0.320. The van der Waals surface area contributed by atoms with Crippen LogP contribution in [0, 0.1) is 5.82 Å². The van der Waals surface area contributed by atoms with Gasteiger partial charge in [-0.15, -0.1) is 11.3 Å². The maximum Gasteiger partial charge on any atom is 0.248 e. The van der Waals surface area contributed by atoms with Crippen molar-refractivity contribution < 1.29 is 9.13 Å². The van der Waals surface area contributed by atoms with Gasteiger partial charge in [-0.2, -0.15) is 0 Å². The molecule has 5 nitrogen and oxygen atoms in total. The van der Waals surface area contributed by atoms with Gasteiger partial charge in [0.05, 0.1) is 12.1 Å². The summed E-state index contributed by atoms with van der Waals surface area (Å²) < 4.78 is 20.9. The Kier molecular flexibility index (Phi) is 6.10. The van der Waals surface area contributed by atoms with E-state index in [2.05, 4.69) is 20.9 Å². The number of aromatic nitrogens is 1. The summed E-state index contributed by atoms with van der Waals surface area (Å²) in [5, 5.41) is 4.18. The Morgan fingerprint density at radius 3 is 2.72 bits per heavy atom. The van der Waals surface area contributed by atoms with E-state index in [1.165, 1.54) is 6.07 Å². The van der Waals surface area contributed by atoms with E-state index in [0.29, 0.717) is 6.61 Å². The maximum absolute atomic E-state index is 14.0. The highest BCUT2D eigenvalue weighted by Crippen LogP contribution is 2.32. The Morgan fingerprint density at radius 1 is 1.00 bits per heavy atom. The molecule has 1 aliphatic rings. The number of unbranched alkanes of at least 4 members (excludes halogenated alkanes) is 1. The Bertz CT molecular complexity index is 1280. The number of nitrogens with zero attached hydrogens (tertiary/aromatic N) is 2. The third kappa shape index (κ3) is 4.64. The molecule has 2 aromatic heterocycles. The van der Waals surface area contributed by atoms with E-state index in [4.69, 9.17) is 4.74 Å². The van der Waals surface area contributed by atoms with Crippen molar-refractivity contribution in [3.63, 3.8) is 0 Å². The largest absolute Gasteiger partial charge is 0.494 e. The van der Waals surface area contributed by atoms with Crippen molar-refractivity contribution in [3.8, 4) is 5.75 Å². The minimum absolute atomic E-state index is 0.105. The van der Waals surface area contributed by atoms with Crippen LogP contribution in [0.4, 0.5) is 10.1 Å². The van der Waals surface area contributed by atoms with E-state index >= 15 is 0 Å². The van der Waals surface area contributed by atoms with Gasteiger partial charge in [-0.25, -0.2) is 4.39 Å². The molecule has 4 aromatic rings. The predicted molar refractivity (Wildman–Crippen MR) is 130 cm³/mol. The molecule has 0 bridgehead atoms. The second kappa shape index (κ2) is 9.30. The summed E-state index contributed by atoms with van der Waals surface area (Å²) in [6, 6.07) is 14.5. The van der Waals surface area contributed by atoms with Gasteiger partial charge < -0.3 is 14.6 Å². The first-order valence-electron chi connectivity index (χ1n) is 11.1. The zero-order valence-electron chi connectivity index (χ0n) is 17.9. The van der Waals surface area contributed by atoms with Crippen LogP contribution in [0.25, 0.3) is 21.0 Å². The summed E-state index contributed by atoms with van der Waals surface area (Å²) in [5.74, 6) is 0.623. The van der Waals surface area contributed by atoms with E-state index in [-0.39, 0.29) is 11.4 Å². The summed E-state index contributed by atoms with van der Waals surface area (Å²) in [5.41, 5.74) is 1.71. The number of pyridine rings is 1. The number of aromatic amines is 1. The Balaban J connectivity index is 1.07. The predicted octanol–water partition coefficient (Wildman–Crippen LogP) is 4.86. The fourth-order valence-corrected chi connectivity index (χ4v) is 5.17. The van der Waals surface area contributed by atoms with Gasteiger partial charge in [0.1, 0.15) is 11.6 Å². The molecule has 0 atom stereocenters. The van der Waals surface area contributed by atoms with E-state index in [9.17, 15) is 9.18 Å². The van der Waals surface area contributed by atoms with E-state index < -0.39 is 0 Å². The molecule has 1 saturated heterocycles. The van der Waals surface area contributed by atoms with Gasteiger partial charge in [0.15, 0.2) is 0 Å². The lowest BCUT2D eigenvalue weighted by atomic mass is 10.1. The molecular weight excluding hydrogens is 425 g/mol. The smallest absolute Gasteiger partial charge is 0.248 e. The highest BCUT2D eigenvalue weighted by molar-refractivity contribution is 7.17. The number of fused-ring (bicyclic) bond motifs is 2. The number of anilines is 1. The van der Waals surface area contributed by atoms with Gasteiger partial charge in [0, 0.05) is 54.1 Å². The van der Waals surface area contributed by atoms with Gasteiger partial charge in [-0.1, -0.05) is 0 Å². The SMILES string of the molecule is O=c1ccc2ccc(OCCCCN3CCN(c4cc(F)cc5sccc45)CC3)cc2[nH]1. The van der Waals surface area contributed by atoms with Crippen LogP contribution in [0.2, 0.25) is 0 Å². The van der Waals surface area contributed by atoms with E-state index in [1.807, 2.05) is 29.6 Å². The second-order valence-electron chi connectivity index (χ2n) is 8.21. The third-order valence-electron chi connectivity index (χ3n) is 6.06. The molecule has 7 heteroatoms. The van der Waals surface area contributed by atoms with Crippen molar-refractivity contribution in [1.29, 1.82) is 0 Å². The van der Waals surface area contributed by atoms with Gasteiger partial charge >= 0.3 is 0 Å². The third-order valence-corrected chi connectivity index (χ3v) is 6.93. The molecule has 0 spiro atoms. The van der Waals surface area contributed by atoms with Crippen molar-refractivity contribution in [3.05, 3.63) is 70.1 Å². The molecule has 166 valence electrons. The Labute approximate surface area is 190 Å². The van der Waals surface area contributed by atoms with Crippen LogP contribution in [0.3, 0.4) is 0 Å². The number of ether oxygens (including phenoxy) is 1. The molecular formula is C25H26FN3O2S. The Hall–Kier alpha value is -2.90. The molecule has 0 unspecified atom stereocenters. The second-order valence-corrected chi connectivity index (χ2v) is 9.16. The van der Waals surface area contributed by atoms with Gasteiger partial charge in [-0.05, 0) is 66.6 Å². The fourth-order valence-electron chi connectivity index (χ4n) is 4.34. The number of H-pyrrole nitrogens is 1. The lowest BCUT2D eigenvalue weighted by molar-refractivity contribution is 0.239. The number of hydrogen-bond donors (Lipinski definition) is 1. The summed E-state index contributed by atoms with van der Waals surface area (Å²) in [4.78, 5) is 19.1. The van der Waals surface area contributed by atoms with Crippen molar-refractivity contribution >= 4 is 38.0 Å². The summed E-state index contributed by atoms with van der Waals surface area (Å²) >= 11 is 1.59. The summed E-state index contributed by atoms with van der Waals surface area (Å²) in [6.45, 7) is 5.50. The normalized spacial score (nSPS) is 15.0. The summed E-state index contributed by atoms with van der Waals surface area (Å²) in [6.07, 6.45) is 2.04. The van der Waals surface area contributed by atoms with Crippen LogP contribution in [-0.4, -0.2) is 49.2 Å². The van der Waals surface area contributed by atoms with Gasteiger partial charge in [-0.3, -0.25) is 9.69 Å². The van der Waals surface area contributed by atoms with Crippen LogP contribution < -0.4 is 15.2 Å². The number of rotatable bonds is 7. The maximum atomic E-state index is 14.0. The minimum atomic E-state index is -0.157. The first-order valence-corrected chi connectivity index (χ1v) is 11.9. The first-order chi connectivity index (χ1) is 15.7. The monoisotopic (exact) mass is 451 g/mol. The van der Waals surface area contributed by atoms with Crippen LogP contribution >= 0.6 is 11.3 Å². The lowest BCUT2D eigenvalue weighted by Crippen LogP contribution is -2.46. The topological polar surface area (TPSA) is 48.6 Å². The van der Waals surface area contributed by atoms with Crippen LogP contribution in [0.5, 0.6) is 5.75 Å². The molecule has 0 saturated carbocycles. The zero-order chi connectivity index (χ0) is 21.9. The van der Waals surface area contributed by atoms with Crippen LogP contribution in [0.15, 0.2) is 58.7 Å². The average molecular weight is 452 g/mol. The molecule has 0 radical (unpaired) electrons.